The van der Waals surface area contributed by atoms with Gasteiger partial charge >= 0.3 is 5.97 Å². The van der Waals surface area contributed by atoms with Gasteiger partial charge in [0.2, 0.25) is 0 Å². The van der Waals surface area contributed by atoms with Gasteiger partial charge in [-0.2, -0.15) is 0 Å². The Labute approximate surface area is 103 Å². The maximum absolute atomic E-state index is 11.3. The number of hydrogen-bond donors (Lipinski definition) is 2. The van der Waals surface area contributed by atoms with Crippen LogP contribution >= 0.6 is 0 Å². The van der Waals surface area contributed by atoms with Crippen LogP contribution in [0.3, 0.4) is 0 Å². The molecule has 0 spiro atoms. The molecule has 4 heteroatoms. The Morgan fingerprint density at radius 1 is 1.24 bits per heavy atom. The van der Waals surface area contributed by atoms with E-state index in [1.807, 2.05) is 13.8 Å². The summed E-state index contributed by atoms with van der Waals surface area (Å²) in [4.78, 5) is 11.3. The predicted molar refractivity (Wildman–Crippen MR) is 64.9 cm³/mol. The molecule has 17 heavy (non-hydrogen) atoms. The molecule has 1 saturated carbocycles. The highest BCUT2D eigenvalue weighted by molar-refractivity contribution is 5.78. The van der Waals surface area contributed by atoms with Crippen molar-refractivity contribution in [2.75, 3.05) is 0 Å². The van der Waals surface area contributed by atoms with Crippen molar-refractivity contribution in [1.82, 2.24) is 0 Å². The summed E-state index contributed by atoms with van der Waals surface area (Å²) < 4.78 is 5.63. The Kier molecular flexibility index (Phi) is 5.40. The molecule has 2 N–H and O–H groups in total. The van der Waals surface area contributed by atoms with Crippen LogP contribution in [0.15, 0.2) is 0 Å². The Hall–Kier alpha value is -0.610. The largest absolute Gasteiger partial charge is 0.479 e. The van der Waals surface area contributed by atoms with Crippen LogP contribution in [0.2, 0.25) is 0 Å². The van der Waals surface area contributed by atoms with E-state index in [9.17, 15) is 15.0 Å². The van der Waals surface area contributed by atoms with Gasteiger partial charge in [0, 0.05) is 0 Å². The maximum Gasteiger partial charge on any atom is 0.338 e. The lowest BCUT2D eigenvalue weighted by molar-refractivity contribution is -0.184. The average Bonchev–Trinajstić information content (AvgIpc) is 2.32. The molecule has 1 aliphatic rings. The van der Waals surface area contributed by atoms with Gasteiger partial charge in [-0.1, -0.05) is 25.7 Å². The van der Waals surface area contributed by atoms with Crippen LogP contribution in [0, 0.1) is 0 Å². The lowest BCUT2D eigenvalue weighted by Crippen LogP contribution is -2.51. The summed E-state index contributed by atoms with van der Waals surface area (Å²) in [5, 5.41) is 19.6. The molecule has 2 unspecified atom stereocenters. The minimum absolute atomic E-state index is 0.0633. The van der Waals surface area contributed by atoms with Crippen molar-refractivity contribution in [3.8, 4) is 0 Å². The number of aliphatic carboxylic acids is 1. The van der Waals surface area contributed by atoms with E-state index in [0.29, 0.717) is 12.8 Å². The summed E-state index contributed by atoms with van der Waals surface area (Å²) in [5.41, 5.74) is -1.71. The van der Waals surface area contributed by atoms with Crippen LogP contribution in [0.4, 0.5) is 0 Å². The highest BCUT2D eigenvalue weighted by Crippen LogP contribution is 2.29. The van der Waals surface area contributed by atoms with Gasteiger partial charge in [-0.15, -0.1) is 0 Å². The lowest BCUT2D eigenvalue weighted by Gasteiger charge is -2.33. The zero-order chi connectivity index (χ0) is 12.9. The van der Waals surface area contributed by atoms with E-state index in [2.05, 4.69) is 0 Å². The molecule has 4 nitrogen and oxygen atoms in total. The molecular weight excluding hydrogens is 220 g/mol. The Morgan fingerprint density at radius 3 is 2.41 bits per heavy atom. The molecule has 0 bridgehead atoms. The van der Waals surface area contributed by atoms with Crippen molar-refractivity contribution in [3.05, 3.63) is 0 Å². The molecule has 1 rings (SSSR count). The number of carboxylic acid groups (broad SMARTS) is 1. The van der Waals surface area contributed by atoms with Crippen LogP contribution in [0.25, 0.3) is 0 Å². The van der Waals surface area contributed by atoms with Gasteiger partial charge in [-0.25, -0.2) is 4.79 Å². The summed E-state index contributed by atoms with van der Waals surface area (Å²) in [7, 11) is 0. The van der Waals surface area contributed by atoms with Crippen molar-refractivity contribution in [2.45, 2.75) is 76.6 Å². The first-order chi connectivity index (χ1) is 7.97. The van der Waals surface area contributed by atoms with Crippen molar-refractivity contribution >= 4 is 5.97 Å². The van der Waals surface area contributed by atoms with E-state index in [4.69, 9.17) is 4.74 Å². The summed E-state index contributed by atoms with van der Waals surface area (Å²) in [6.07, 6.45) is 5.14. The number of ether oxygens (including phenoxy) is 1. The normalized spacial score (nSPS) is 31.6. The Balaban J connectivity index is 2.83. The molecule has 100 valence electrons. The fourth-order valence-corrected chi connectivity index (χ4v) is 2.41. The van der Waals surface area contributed by atoms with E-state index in [-0.39, 0.29) is 6.10 Å². The standard InChI is InChI=1S/C13H24O4/c1-10(2)17-11-8-6-4-3-5-7-9-13(11,16)12(14)15/h10-11,16H,3-9H2,1-2H3,(H,14,15). The zero-order valence-electron chi connectivity index (χ0n) is 10.8. The minimum Gasteiger partial charge on any atom is -0.479 e. The highest BCUT2D eigenvalue weighted by Gasteiger charge is 2.44. The predicted octanol–water partition coefficient (Wildman–Crippen LogP) is 2.34. The molecule has 0 saturated heterocycles. The van der Waals surface area contributed by atoms with Gasteiger partial charge in [0.15, 0.2) is 5.60 Å². The first kappa shape index (κ1) is 14.5. The second-order valence-electron chi connectivity index (χ2n) is 5.21. The number of rotatable bonds is 3. The number of hydrogen-bond acceptors (Lipinski definition) is 3. The van der Waals surface area contributed by atoms with E-state index in [1.54, 1.807) is 0 Å². The smallest absolute Gasteiger partial charge is 0.338 e. The van der Waals surface area contributed by atoms with Gasteiger partial charge in [-0.3, -0.25) is 0 Å². The first-order valence-corrected chi connectivity index (χ1v) is 6.58. The maximum atomic E-state index is 11.3. The van der Waals surface area contributed by atoms with E-state index < -0.39 is 17.7 Å². The SMILES string of the molecule is CC(C)OC1CCCCCCCC1(O)C(=O)O. The molecular formula is C13H24O4. The van der Waals surface area contributed by atoms with Crippen LogP contribution < -0.4 is 0 Å². The van der Waals surface area contributed by atoms with Gasteiger partial charge in [0.1, 0.15) is 0 Å². The van der Waals surface area contributed by atoms with Crippen LogP contribution in [-0.4, -0.2) is 34.0 Å². The Bertz CT molecular complexity index is 252. The van der Waals surface area contributed by atoms with Crippen molar-refractivity contribution < 1.29 is 19.7 Å². The molecule has 0 aliphatic heterocycles. The molecule has 0 amide bonds. The molecule has 2 atom stereocenters. The first-order valence-electron chi connectivity index (χ1n) is 6.58. The summed E-state index contributed by atoms with van der Waals surface area (Å²) >= 11 is 0. The summed E-state index contributed by atoms with van der Waals surface area (Å²) in [6.45, 7) is 3.74. The molecule has 0 aromatic heterocycles. The number of carbonyl (C=O) groups is 1. The van der Waals surface area contributed by atoms with Crippen LogP contribution in [0.5, 0.6) is 0 Å². The fourth-order valence-electron chi connectivity index (χ4n) is 2.41. The van der Waals surface area contributed by atoms with Gasteiger partial charge in [0.05, 0.1) is 12.2 Å². The monoisotopic (exact) mass is 244 g/mol. The van der Waals surface area contributed by atoms with Crippen LogP contribution in [-0.2, 0) is 9.53 Å². The van der Waals surface area contributed by atoms with E-state index >= 15 is 0 Å². The van der Waals surface area contributed by atoms with E-state index in [1.165, 1.54) is 0 Å². The number of carboxylic acids is 1. The molecule has 0 aromatic rings. The lowest BCUT2D eigenvalue weighted by atomic mass is 9.88. The van der Waals surface area contributed by atoms with Gasteiger partial charge in [-0.05, 0) is 33.1 Å². The van der Waals surface area contributed by atoms with Crippen molar-refractivity contribution in [2.24, 2.45) is 0 Å². The summed E-state index contributed by atoms with van der Waals surface area (Å²) in [5.74, 6) is -1.15. The fraction of sp³-hybridized carbons (Fsp3) is 0.923. The Morgan fingerprint density at radius 2 is 1.82 bits per heavy atom. The second-order valence-corrected chi connectivity index (χ2v) is 5.21. The third kappa shape index (κ3) is 3.96. The van der Waals surface area contributed by atoms with E-state index in [0.717, 1.165) is 32.1 Å². The average molecular weight is 244 g/mol. The van der Waals surface area contributed by atoms with Gasteiger partial charge in [0.25, 0.3) is 0 Å². The quantitative estimate of drug-likeness (QED) is 0.799. The third-order valence-corrected chi connectivity index (χ3v) is 3.36. The second kappa shape index (κ2) is 6.36. The van der Waals surface area contributed by atoms with Crippen molar-refractivity contribution in [1.29, 1.82) is 0 Å². The third-order valence-electron chi connectivity index (χ3n) is 3.36. The molecule has 1 fully saturated rings. The molecule has 0 heterocycles. The number of aliphatic hydroxyl groups is 1. The van der Waals surface area contributed by atoms with Crippen molar-refractivity contribution in [3.63, 3.8) is 0 Å². The molecule has 1 aliphatic carbocycles. The molecule has 0 radical (unpaired) electrons. The topological polar surface area (TPSA) is 66.8 Å². The van der Waals surface area contributed by atoms with Gasteiger partial charge < -0.3 is 14.9 Å². The van der Waals surface area contributed by atoms with Crippen LogP contribution in [0.1, 0.15) is 58.8 Å². The zero-order valence-corrected chi connectivity index (χ0v) is 10.8. The summed E-state index contributed by atoms with van der Waals surface area (Å²) in [6, 6.07) is 0. The highest BCUT2D eigenvalue weighted by atomic mass is 16.5. The minimum atomic E-state index is -1.71. The molecule has 0 aromatic carbocycles.